The lowest BCUT2D eigenvalue weighted by Crippen LogP contribution is -2.41. The van der Waals surface area contributed by atoms with E-state index in [4.69, 9.17) is 19.1 Å². The first-order valence-corrected chi connectivity index (χ1v) is 10.6. The number of furan rings is 1. The summed E-state index contributed by atoms with van der Waals surface area (Å²) in [6.07, 6.45) is -0.138. The van der Waals surface area contributed by atoms with Gasteiger partial charge in [-0.15, -0.1) is 0 Å². The largest absolute Gasteiger partial charge is 0.490 e. The van der Waals surface area contributed by atoms with E-state index in [0.717, 1.165) is 44.7 Å². The molecule has 1 saturated heterocycles. The van der Waals surface area contributed by atoms with E-state index in [1.807, 2.05) is 12.1 Å². The van der Waals surface area contributed by atoms with Crippen LogP contribution in [0.15, 0.2) is 47.1 Å². The Bertz CT molecular complexity index is 938. The van der Waals surface area contributed by atoms with E-state index < -0.39 is 12.1 Å². The second-order valence-electron chi connectivity index (χ2n) is 8.28. The van der Waals surface area contributed by atoms with Gasteiger partial charge in [-0.1, -0.05) is 24.3 Å². The molecule has 0 radical (unpaired) electrons. The number of piperidine rings is 1. The molecule has 1 aliphatic heterocycles. The Balaban J connectivity index is 0.000000383. The number of amides is 1. The van der Waals surface area contributed by atoms with Crippen LogP contribution in [0.2, 0.25) is 0 Å². The number of benzene rings is 1. The fraction of sp³-hybridized carbons (Fsp3) is 0.478. The normalized spacial score (nSPS) is 19.5. The second-order valence-corrected chi connectivity index (χ2v) is 8.28. The number of carboxylic acids is 1. The van der Waals surface area contributed by atoms with Gasteiger partial charge < -0.3 is 19.6 Å². The van der Waals surface area contributed by atoms with Crippen LogP contribution in [-0.4, -0.2) is 54.9 Å². The van der Waals surface area contributed by atoms with Crippen LogP contribution >= 0.6 is 0 Å². The van der Waals surface area contributed by atoms with Crippen molar-refractivity contribution in [1.29, 1.82) is 0 Å². The average Bonchev–Trinajstić information content (AvgIpc) is 3.37. The molecule has 4 rings (SSSR count). The number of carbonyl (C=O) groups excluding carboxylic acids is 1. The Kier molecular flexibility index (Phi) is 7.80. The third kappa shape index (κ3) is 6.14. The van der Waals surface area contributed by atoms with E-state index in [-0.39, 0.29) is 24.0 Å². The maximum atomic E-state index is 12.1. The summed E-state index contributed by atoms with van der Waals surface area (Å²) in [4.78, 5) is 23.4. The van der Waals surface area contributed by atoms with Crippen LogP contribution in [0.4, 0.5) is 13.2 Å². The summed E-state index contributed by atoms with van der Waals surface area (Å²) in [5, 5.41) is 10.3. The molecule has 1 aromatic heterocycles. The Labute approximate surface area is 189 Å². The first kappa shape index (κ1) is 24.8. The first-order valence-electron chi connectivity index (χ1n) is 10.6. The minimum Gasteiger partial charge on any atom is -0.475 e. The van der Waals surface area contributed by atoms with Gasteiger partial charge in [0.05, 0.1) is 18.8 Å². The SMILES string of the molecule is COCC(=O)NC1CC2(CCN(Cc3ccco3)CC2)c2ccccc21.O=C(O)C(F)(F)F. The van der Waals surface area contributed by atoms with E-state index >= 15 is 0 Å². The Hall–Kier alpha value is -2.85. The van der Waals surface area contributed by atoms with Gasteiger partial charge in [-0.2, -0.15) is 13.2 Å². The summed E-state index contributed by atoms with van der Waals surface area (Å²) < 4.78 is 42.2. The summed E-state index contributed by atoms with van der Waals surface area (Å²) in [5.41, 5.74) is 2.86. The lowest BCUT2D eigenvalue weighted by Gasteiger charge is -2.40. The summed E-state index contributed by atoms with van der Waals surface area (Å²) in [6.45, 7) is 3.09. The number of likely N-dealkylation sites (tertiary alicyclic amines) is 1. The number of carbonyl (C=O) groups is 2. The van der Waals surface area contributed by atoms with Gasteiger partial charge in [-0.3, -0.25) is 9.69 Å². The molecule has 2 aliphatic rings. The van der Waals surface area contributed by atoms with Crippen molar-refractivity contribution in [2.45, 2.75) is 43.4 Å². The van der Waals surface area contributed by atoms with Crippen LogP contribution in [0.3, 0.4) is 0 Å². The van der Waals surface area contributed by atoms with Gasteiger partial charge in [0.1, 0.15) is 12.4 Å². The van der Waals surface area contributed by atoms with Crippen molar-refractivity contribution in [3.8, 4) is 0 Å². The molecule has 1 spiro atoms. The minimum atomic E-state index is -5.08. The van der Waals surface area contributed by atoms with Crippen molar-refractivity contribution < 1.29 is 37.0 Å². The van der Waals surface area contributed by atoms with E-state index in [2.05, 4.69) is 34.5 Å². The van der Waals surface area contributed by atoms with Crippen molar-refractivity contribution in [2.75, 3.05) is 26.8 Å². The predicted octanol–water partition coefficient (Wildman–Crippen LogP) is 3.65. The van der Waals surface area contributed by atoms with Crippen molar-refractivity contribution in [1.82, 2.24) is 10.2 Å². The molecule has 1 atom stereocenters. The zero-order valence-electron chi connectivity index (χ0n) is 18.2. The molecular weight excluding hydrogens is 441 g/mol. The first-order chi connectivity index (χ1) is 15.6. The topological polar surface area (TPSA) is 92.0 Å². The number of ether oxygens (including phenoxy) is 1. The molecule has 33 heavy (non-hydrogen) atoms. The van der Waals surface area contributed by atoms with Crippen LogP contribution in [0.5, 0.6) is 0 Å². The number of nitrogens with zero attached hydrogens (tertiary/aromatic N) is 1. The third-order valence-electron chi connectivity index (χ3n) is 6.13. The highest BCUT2D eigenvalue weighted by Crippen LogP contribution is 2.50. The van der Waals surface area contributed by atoms with Crippen LogP contribution < -0.4 is 5.32 Å². The molecule has 0 bridgehead atoms. The quantitative estimate of drug-likeness (QED) is 0.696. The van der Waals surface area contributed by atoms with Gasteiger partial charge in [0, 0.05) is 12.5 Å². The number of rotatable bonds is 5. The van der Waals surface area contributed by atoms with E-state index in [1.54, 1.807) is 13.4 Å². The van der Waals surface area contributed by atoms with E-state index in [1.165, 1.54) is 11.1 Å². The molecule has 10 heteroatoms. The molecule has 2 aromatic rings. The summed E-state index contributed by atoms with van der Waals surface area (Å²) >= 11 is 0. The highest BCUT2D eigenvalue weighted by molar-refractivity contribution is 5.78. The number of aliphatic carboxylic acids is 1. The zero-order chi connectivity index (χ0) is 24.1. The number of halogens is 3. The molecule has 180 valence electrons. The smallest absolute Gasteiger partial charge is 0.475 e. The van der Waals surface area contributed by atoms with Gasteiger partial charge in [0.15, 0.2) is 0 Å². The second kappa shape index (κ2) is 10.4. The number of methoxy groups -OCH3 is 1. The monoisotopic (exact) mass is 468 g/mol. The minimum absolute atomic E-state index is 0.0420. The molecular formula is C23H27F3N2O5. The number of fused-ring (bicyclic) bond motifs is 2. The number of carboxylic acid groups (broad SMARTS) is 1. The summed E-state index contributed by atoms with van der Waals surface area (Å²) in [6, 6.07) is 12.7. The molecule has 1 unspecified atom stereocenters. The number of hydrogen-bond donors (Lipinski definition) is 2. The van der Waals surface area contributed by atoms with Crippen LogP contribution in [0.1, 0.15) is 42.2 Å². The summed E-state index contributed by atoms with van der Waals surface area (Å²) in [5.74, 6) is -1.77. The van der Waals surface area contributed by atoms with Crippen molar-refractivity contribution in [3.63, 3.8) is 0 Å². The van der Waals surface area contributed by atoms with Crippen LogP contribution in [-0.2, 0) is 26.3 Å². The van der Waals surface area contributed by atoms with Gasteiger partial charge >= 0.3 is 12.1 Å². The highest BCUT2D eigenvalue weighted by atomic mass is 19.4. The molecule has 1 amide bonds. The van der Waals surface area contributed by atoms with E-state index in [0.29, 0.717) is 0 Å². The number of alkyl halides is 3. The van der Waals surface area contributed by atoms with Crippen LogP contribution in [0, 0.1) is 0 Å². The van der Waals surface area contributed by atoms with Crippen molar-refractivity contribution in [2.24, 2.45) is 0 Å². The fourth-order valence-electron chi connectivity index (χ4n) is 4.63. The predicted molar refractivity (Wildman–Crippen MR) is 112 cm³/mol. The molecule has 2 heterocycles. The Morgan fingerprint density at radius 2 is 1.88 bits per heavy atom. The molecule has 0 saturated carbocycles. The molecule has 7 nitrogen and oxygen atoms in total. The van der Waals surface area contributed by atoms with Gasteiger partial charge in [-0.05, 0) is 55.6 Å². The van der Waals surface area contributed by atoms with Crippen molar-refractivity contribution >= 4 is 11.9 Å². The molecule has 1 fully saturated rings. The molecule has 1 aliphatic carbocycles. The Morgan fingerprint density at radius 1 is 1.21 bits per heavy atom. The van der Waals surface area contributed by atoms with Gasteiger partial charge in [-0.25, -0.2) is 4.79 Å². The summed E-state index contributed by atoms with van der Waals surface area (Å²) in [7, 11) is 1.55. The molecule has 2 N–H and O–H groups in total. The lowest BCUT2D eigenvalue weighted by molar-refractivity contribution is -0.192. The van der Waals surface area contributed by atoms with E-state index in [9.17, 15) is 18.0 Å². The lowest BCUT2D eigenvalue weighted by atomic mass is 9.73. The van der Waals surface area contributed by atoms with Crippen molar-refractivity contribution in [3.05, 3.63) is 59.5 Å². The number of nitrogens with one attached hydrogen (secondary N) is 1. The third-order valence-corrected chi connectivity index (χ3v) is 6.13. The average molecular weight is 468 g/mol. The Morgan fingerprint density at radius 3 is 2.45 bits per heavy atom. The molecule has 1 aromatic carbocycles. The highest BCUT2D eigenvalue weighted by Gasteiger charge is 2.45. The van der Waals surface area contributed by atoms with Gasteiger partial charge in [0.2, 0.25) is 5.91 Å². The zero-order valence-corrected chi connectivity index (χ0v) is 18.2. The van der Waals surface area contributed by atoms with Crippen LogP contribution in [0.25, 0.3) is 0 Å². The fourth-order valence-corrected chi connectivity index (χ4v) is 4.63. The maximum absolute atomic E-state index is 12.1. The maximum Gasteiger partial charge on any atom is 0.490 e. The van der Waals surface area contributed by atoms with Gasteiger partial charge in [0.25, 0.3) is 0 Å². The number of hydrogen-bond acceptors (Lipinski definition) is 5. The standard InChI is InChI=1S/C21H26N2O3.C2HF3O2/c1-25-15-20(24)22-19-13-21(18-7-3-2-6-17(18)19)8-10-23(11-9-21)14-16-5-4-12-26-16;3-2(4,5)1(6)7/h2-7,12,19H,8-11,13-15H2,1H3,(H,22,24);(H,6,7).